The van der Waals surface area contributed by atoms with Gasteiger partial charge in [0.1, 0.15) is 0 Å². The minimum absolute atomic E-state index is 0.0448. The van der Waals surface area contributed by atoms with Gasteiger partial charge < -0.3 is 11.1 Å². The van der Waals surface area contributed by atoms with E-state index in [9.17, 15) is 4.79 Å². The zero-order valence-electron chi connectivity index (χ0n) is 10.2. The Morgan fingerprint density at radius 1 is 1.67 bits per heavy atom. The van der Waals surface area contributed by atoms with Gasteiger partial charge in [0, 0.05) is 6.04 Å². The molecule has 1 fully saturated rings. The Hall–Kier alpha value is -0.570. The van der Waals surface area contributed by atoms with Crippen LogP contribution in [0.2, 0.25) is 0 Å². The van der Waals surface area contributed by atoms with Crippen molar-refractivity contribution in [2.75, 3.05) is 0 Å². The molecule has 1 amide bonds. The summed E-state index contributed by atoms with van der Waals surface area (Å²) in [5, 5.41) is 3.00. The van der Waals surface area contributed by atoms with Gasteiger partial charge in [-0.3, -0.25) is 4.79 Å². The molecule has 0 saturated heterocycles. The van der Waals surface area contributed by atoms with Crippen LogP contribution in [0, 0.1) is 5.92 Å². The first kappa shape index (κ1) is 12.5. The van der Waals surface area contributed by atoms with Crippen LogP contribution in [0.1, 0.15) is 52.9 Å². The fourth-order valence-corrected chi connectivity index (χ4v) is 2.27. The number of amides is 1. The Kier molecular flexibility index (Phi) is 4.14. The van der Waals surface area contributed by atoms with E-state index in [2.05, 4.69) is 19.2 Å². The first-order valence-electron chi connectivity index (χ1n) is 6.08. The molecule has 3 heteroatoms. The molecule has 3 nitrogen and oxygen atoms in total. The maximum Gasteiger partial charge on any atom is 0.240 e. The summed E-state index contributed by atoms with van der Waals surface area (Å²) in [5.74, 6) is 0.620. The number of hydrogen-bond donors (Lipinski definition) is 2. The van der Waals surface area contributed by atoms with Gasteiger partial charge in [0.15, 0.2) is 0 Å². The Morgan fingerprint density at radius 2 is 2.33 bits per heavy atom. The van der Waals surface area contributed by atoms with Crippen molar-refractivity contribution in [3.05, 3.63) is 0 Å². The zero-order chi connectivity index (χ0) is 11.5. The molecule has 0 aromatic heterocycles. The molecule has 88 valence electrons. The molecule has 0 aromatic carbocycles. The molecule has 0 spiro atoms. The quantitative estimate of drug-likeness (QED) is 0.749. The predicted molar refractivity (Wildman–Crippen MR) is 62.4 cm³/mol. The monoisotopic (exact) mass is 212 g/mol. The summed E-state index contributed by atoms with van der Waals surface area (Å²) in [6, 6.07) is 0.232. The van der Waals surface area contributed by atoms with Crippen molar-refractivity contribution >= 4 is 5.91 Å². The molecule has 0 bridgehead atoms. The number of nitrogens with one attached hydrogen (secondary N) is 1. The van der Waals surface area contributed by atoms with Crippen LogP contribution in [0.5, 0.6) is 0 Å². The van der Waals surface area contributed by atoms with E-state index in [1.807, 2.05) is 6.92 Å². The lowest BCUT2D eigenvalue weighted by Gasteiger charge is -2.36. The Bertz CT molecular complexity index is 230. The van der Waals surface area contributed by atoms with Crippen molar-refractivity contribution in [1.82, 2.24) is 5.32 Å². The first-order chi connectivity index (χ1) is 6.98. The van der Waals surface area contributed by atoms with Crippen molar-refractivity contribution < 1.29 is 4.79 Å². The highest BCUT2D eigenvalue weighted by Crippen LogP contribution is 2.30. The SMILES string of the molecule is CCC(C)NC(=O)C1(N)CCCC(C)C1. The summed E-state index contributed by atoms with van der Waals surface area (Å²) in [6.07, 6.45) is 4.90. The van der Waals surface area contributed by atoms with Crippen LogP contribution in [0.3, 0.4) is 0 Å². The second-order valence-corrected chi connectivity index (χ2v) is 5.14. The van der Waals surface area contributed by atoms with Gasteiger partial charge in [0.2, 0.25) is 5.91 Å². The van der Waals surface area contributed by atoms with Crippen LogP contribution >= 0.6 is 0 Å². The van der Waals surface area contributed by atoms with Gasteiger partial charge in [-0.1, -0.05) is 26.7 Å². The van der Waals surface area contributed by atoms with E-state index in [-0.39, 0.29) is 11.9 Å². The Morgan fingerprint density at radius 3 is 2.87 bits per heavy atom. The largest absolute Gasteiger partial charge is 0.352 e. The van der Waals surface area contributed by atoms with E-state index in [0.717, 1.165) is 25.7 Å². The van der Waals surface area contributed by atoms with E-state index in [0.29, 0.717) is 5.92 Å². The molecule has 3 N–H and O–H groups in total. The molecule has 0 heterocycles. The number of hydrogen-bond acceptors (Lipinski definition) is 2. The van der Waals surface area contributed by atoms with Gasteiger partial charge in [0.05, 0.1) is 5.54 Å². The maximum absolute atomic E-state index is 12.0. The fraction of sp³-hybridized carbons (Fsp3) is 0.917. The van der Waals surface area contributed by atoms with E-state index in [1.165, 1.54) is 6.42 Å². The molecule has 0 radical (unpaired) electrons. The average molecular weight is 212 g/mol. The lowest BCUT2D eigenvalue weighted by atomic mass is 9.76. The molecule has 3 unspecified atom stereocenters. The van der Waals surface area contributed by atoms with Crippen LogP contribution in [0.4, 0.5) is 0 Å². The maximum atomic E-state index is 12.0. The van der Waals surface area contributed by atoms with Crippen LogP contribution in [0.25, 0.3) is 0 Å². The molecule has 0 aromatic rings. The molecule has 1 rings (SSSR count). The van der Waals surface area contributed by atoms with E-state index < -0.39 is 5.54 Å². The van der Waals surface area contributed by atoms with Gasteiger partial charge in [-0.2, -0.15) is 0 Å². The van der Waals surface area contributed by atoms with Crippen LogP contribution in [0.15, 0.2) is 0 Å². The van der Waals surface area contributed by atoms with Crippen molar-refractivity contribution in [1.29, 1.82) is 0 Å². The van der Waals surface area contributed by atoms with Crippen LogP contribution in [-0.4, -0.2) is 17.5 Å². The summed E-state index contributed by atoms with van der Waals surface area (Å²) in [6.45, 7) is 6.27. The van der Waals surface area contributed by atoms with Crippen molar-refractivity contribution in [3.63, 3.8) is 0 Å². The van der Waals surface area contributed by atoms with Crippen LogP contribution < -0.4 is 11.1 Å². The number of carbonyl (C=O) groups is 1. The van der Waals surface area contributed by atoms with Gasteiger partial charge in [0.25, 0.3) is 0 Å². The van der Waals surface area contributed by atoms with Gasteiger partial charge in [-0.05, 0) is 32.1 Å². The summed E-state index contributed by atoms with van der Waals surface area (Å²) in [5.41, 5.74) is 5.57. The second kappa shape index (κ2) is 4.97. The van der Waals surface area contributed by atoms with Gasteiger partial charge >= 0.3 is 0 Å². The fourth-order valence-electron chi connectivity index (χ4n) is 2.27. The Balaban J connectivity index is 2.56. The Labute approximate surface area is 92.8 Å². The normalized spacial score (nSPS) is 33.5. The predicted octanol–water partition coefficient (Wildman–Crippen LogP) is 1.81. The highest BCUT2D eigenvalue weighted by Gasteiger charge is 2.38. The van der Waals surface area contributed by atoms with Crippen molar-refractivity contribution in [3.8, 4) is 0 Å². The van der Waals surface area contributed by atoms with Crippen molar-refractivity contribution in [2.24, 2.45) is 11.7 Å². The average Bonchev–Trinajstić information content (AvgIpc) is 2.17. The topological polar surface area (TPSA) is 55.1 Å². The highest BCUT2D eigenvalue weighted by atomic mass is 16.2. The smallest absolute Gasteiger partial charge is 0.240 e. The zero-order valence-corrected chi connectivity index (χ0v) is 10.2. The van der Waals surface area contributed by atoms with E-state index >= 15 is 0 Å². The molecule has 1 aliphatic carbocycles. The molecule has 3 atom stereocenters. The number of nitrogens with two attached hydrogens (primary N) is 1. The molecule has 1 aliphatic rings. The highest BCUT2D eigenvalue weighted by molar-refractivity contribution is 5.86. The standard InChI is InChI=1S/C12H24N2O/c1-4-10(3)14-11(15)12(13)7-5-6-9(2)8-12/h9-10H,4-8,13H2,1-3H3,(H,14,15). The van der Waals surface area contributed by atoms with E-state index in [4.69, 9.17) is 5.73 Å². The molecule has 15 heavy (non-hydrogen) atoms. The lowest BCUT2D eigenvalue weighted by molar-refractivity contribution is -0.128. The first-order valence-corrected chi connectivity index (χ1v) is 6.08. The third-order valence-corrected chi connectivity index (χ3v) is 3.47. The van der Waals surface area contributed by atoms with Crippen LogP contribution in [-0.2, 0) is 4.79 Å². The van der Waals surface area contributed by atoms with Gasteiger partial charge in [-0.15, -0.1) is 0 Å². The molecular formula is C12H24N2O. The summed E-state index contributed by atoms with van der Waals surface area (Å²) >= 11 is 0. The van der Waals surface area contributed by atoms with Gasteiger partial charge in [-0.25, -0.2) is 0 Å². The third-order valence-electron chi connectivity index (χ3n) is 3.47. The molecular weight excluding hydrogens is 188 g/mol. The second-order valence-electron chi connectivity index (χ2n) is 5.14. The minimum atomic E-state index is -0.610. The van der Waals surface area contributed by atoms with E-state index in [1.54, 1.807) is 0 Å². The summed E-state index contributed by atoms with van der Waals surface area (Å²) in [7, 11) is 0. The number of rotatable bonds is 3. The van der Waals surface area contributed by atoms with Crippen molar-refractivity contribution in [2.45, 2.75) is 64.5 Å². The molecule has 0 aliphatic heterocycles. The molecule has 1 saturated carbocycles. The summed E-state index contributed by atoms with van der Waals surface area (Å²) < 4.78 is 0. The number of carbonyl (C=O) groups excluding carboxylic acids is 1. The summed E-state index contributed by atoms with van der Waals surface area (Å²) in [4.78, 5) is 12.0. The minimum Gasteiger partial charge on any atom is -0.352 e. The lowest BCUT2D eigenvalue weighted by Crippen LogP contribution is -2.57. The third kappa shape index (κ3) is 3.20.